The average Bonchev–Trinajstić information content (AvgIpc) is 2.94. The molecule has 0 radical (unpaired) electrons. The normalized spacial score (nSPS) is 15.9. The largest absolute Gasteiger partial charge is 0.494 e. The van der Waals surface area contributed by atoms with Gasteiger partial charge < -0.3 is 9.64 Å². The molecule has 0 saturated carbocycles. The Bertz CT molecular complexity index is 383. The molecule has 0 amide bonds. The first-order valence-corrected chi connectivity index (χ1v) is 7.80. The highest BCUT2D eigenvalue weighted by atomic mass is 16.5. The maximum Gasteiger partial charge on any atom is 0.122 e. The number of likely N-dealkylation sites (tertiary alicyclic amines) is 1. The fraction of sp³-hybridized carbons (Fsp3) is 0.647. The summed E-state index contributed by atoms with van der Waals surface area (Å²) in [6, 6.07) is 6.70. The van der Waals surface area contributed by atoms with Crippen LogP contribution in [0.1, 0.15) is 44.2 Å². The molecule has 2 rings (SSSR count). The second-order valence-electron chi connectivity index (χ2n) is 5.38. The predicted octanol–water partition coefficient (Wildman–Crippen LogP) is 3.68. The summed E-state index contributed by atoms with van der Waals surface area (Å²) in [4.78, 5) is 2.59. The van der Waals surface area contributed by atoms with Crippen molar-refractivity contribution in [2.75, 3.05) is 26.2 Å². The van der Waals surface area contributed by atoms with E-state index in [-0.39, 0.29) is 0 Å². The molecule has 0 aromatic heterocycles. The van der Waals surface area contributed by atoms with Crippen LogP contribution in [0, 0.1) is 0 Å². The van der Waals surface area contributed by atoms with E-state index in [9.17, 15) is 0 Å². The Hall–Kier alpha value is -1.02. The van der Waals surface area contributed by atoms with Crippen LogP contribution < -0.4 is 4.74 Å². The first-order chi connectivity index (χ1) is 9.33. The van der Waals surface area contributed by atoms with E-state index in [1.165, 1.54) is 56.4 Å². The van der Waals surface area contributed by atoms with Gasteiger partial charge in [-0.05, 0) is 75.9 Å². The van der Waals surface area contributed by atoms with Crippen LogP contribution in [0.4, 0.5) is 0 Å². The van der Waals surface area contributed by atoms with Gasteiger partial charge in [-0.2, -0.15) is 0 Å². The van der Waals surface area contributed by atoms with E-state index < -0.39 is 0 Å². The quantitative estimate of drug-likeness (QED) is 0.742. The van der Waals surface area contributed by atoms with Gasteiger partial charge in [-0.1, -0.05) is 19.1 Å². The first-order valence-electron chi connectivity index (χ1n) is 7.80. The highest BCUT2D eigenvalue weighted by Crippen LogP contribution is 2.21. The summed E-state index contributed by atoms with van der Waals surface area (Å²) in [7, 11) is 0. The number of aryl methyl sites for hydroxylation is 2. The van der Waals surface area contributed by atoms with Crippen LogP contribution in [0.5, 0.6) is 5.75 Å². The van der Waals surface area contributed by atoms with Crippen LogP contribution in [0.3, 0.4) is 0 Å². The van der Waals surface area contributed by atoms with E-state index in [2.05, 4.69) is 30.0 Å². The zero-order chi connectivity index (χ0) is 13.5. The van der Waals surface area contributed by atoms with Crippen LogP contribution in [-0.2, 0) is 12.8 Å². The van der Waals surface area contributed by atoms with Gasteiger partial charge >= 0.3 is 0 Å². The van der Waals surface area contributed by atoms with Gasteiger partial charge in [0.2, 0.25) is 0 Å². The standard InChI is InChI=1S/C17H27NO/c1-3-16-14-15(9-10-17(16)19-4-2)8-7-13-18-11-5-6-12-18/h9-10,14H,3-8,11-13H2,1-2H3. The second kappa shape index (κ2) is 7.54. The van der Waals surface area contributed by atoms with Crippen molar-refractivity contribution in [1.29, 1.82) is 0 Å². The fourth-order valence-electron chi connectivity index (χ4n) is 2.87. The van der Waals surface area contributed by atoms with Gasteiger partial charge in [-0.15, -0.1) is 0 Å². The molecule has 1 aromatic rings. The zero-order valence-electron chi connectivity index (χ0n) is 12.5. The van der Waals surface area contributed by atoms with Crippen molar-refractivity contribution in [2.45, 2.75) is 46.0 Å². The van der Waals surface area contributed by atoms with Gasteiger partial charge in [0.05, 0.1) is 6.61 Å². The Balaban J connectivity index is 1.85. The lowest BCUT2D eigenvalue weighted by Gasteiger charge is -2.15. The summed E-state index contributed by atoms with van der Waals surface area (Å²) in [6.07, 6.45) is 6.30. The number of hydrogen-bond acceptors (Lipinski definition) is 2. The average molecular weight is 261 g/mol. The van der Waals surface area contributed by atoms with Crippen molar-refractivity contribution < 1.29 is 4.74 Å². The molecule has 0 bridgehead atoms. The van der Waals surface area contributed by atoms with E-state index in [1.807, 2.05) is 6.92 Å². The summed E-state index contributed by atoms with van der Waals surface area (Å²) in [6.45, 7) is 8.87. The Labute approximate surface area is 117 Å². The molecule has 0 spiro atoms. The van der Waals surface area contributed by atoms with Gasteiger partial charge in [0, 0.05) is 0 Å². The minimum atomic E-state index is 0.751. The molecular weight excluding hydrogens is 234 g/mol. The van der Waals surface area contributed by atoms with E-state index in [4.69, 9.17) is 4.74 Å². The molecule has 1 aliphatic rings. The van der Waals surface area contributed by atoms with Crippen LogP contribution in [0.25, 0.3) is 0 Å². The lowest BCUT2D eigenvalue weighted by Crippen LogP contribution is -2.20. The van der Waals surface area contributed by atoms with Crippen LogP contribution >= 0.6 is 0 Å². The molecule has 0 N–H and O–H groups in total. The molecule has 1 aromatic carbocycles. The molecule has 0 unspecified atom stereocenters. The molecule has 1 fully saturated rings. The molecule has 106 valence electrons. The lowest BCUT2D eigenvalue weighted by molar-refractivity contribution is 0.333. The Kier molecular flexibility index (Phi) is 5.71. The van der Waals surface area contributed by atoms with Crippen LogP contribution in [-0.4, -0.2) is 31.1 Å². The third-order valence-electron chi connectivity index (χ3n) is 3.94. The van der Waals surface area contributed by atoms with Crippen LogP contribution in [0.15, 0.2) is 18.2 Å². The van der Waals surface area contributed by atoms with E-state index in [1.54, 1.807) is 0 Å². The summed E-state index contributed by atoms with van der Waals surface area (Å²) in [5.74, 6) is 1.06. The number of hydrogen-bond donors (Lipinski definition) is 0. The number of nitrogens with zero attached hydrogens (tertiary/aromatic N) is 1. The highest BCUT2D eigenvalue weighted by molar-refractivity contribution is 5.37. The molecular formula is C17H27NO. The van der Waals surface area contributed by atoms with Gasteiger partial charge in [0.25, 0.3) is 0 Å². The second-order valence-corrected chi connectivity index (χ2v) is 5.38. The molecule has 2 heteroatoms. The van der Waals surface area contributed by atoms with Gasteiger partial charge in [0.1, 0.15) is 5.75 Å². The van der Waals surface area contributed by atoms with Crippen molar-refractivity contribution in [3.05, 3.63) is 29.3 Å². The minimum Gasteiger partial charge on any atom is -0.494 e. The molecule has 0 aliphatic carbocycles. The maximum atomic E-state index is 5.66. The number of rotatable bonds is 7. The first kappa shape index (κ1) is 14.4. The topological polar surface area (TPSA) is 12.5 Å². The third kappa shape index (κ3) is 4.24. The Morgan fingerprint density at radius 2 is 1.95 bits per heavy atom. The molecule has 19 heavy (non-hydrogen) atoms. The molecule has 1 aliphatic heterocycles. The summed E-state index contributed by atoms with van der Waals surface area (Å²) in [5, 5.41) is 0. The maximum absolute atomic E-state index is 5.66. The van der Waals surface area contributed by atoms with E-state index in [0.29, 0.717) is 0 Å². The minimum absolute atomic E-state index is 0.751. The molecule has 0 atom stereocenters. The molecule has 2 nitrogen and oxygen atoms in total. The van der Waals surface area contributed by atoms with E-state index >= 15 is 0 Å². The summed E-state index contributed by atoms with van der Waals surface area (Å²) >= 11 is 0. The summed E-state index contributed by atoms with van der Waals surface area (Å²) in [5.41, 5.74) is 2.81. The smallest absolute Gasteiger partial charge is 0.122 e. The van der Waals surface area contributed by atoms with Crippen molar-refractivity contribution >= 4 is 0 Å². The van der Waals surface area contributed by atoms with Gasteiger partial charge in [-0.25, -0.2) is 0 Å². The molecule has 1 heterocycles. The predicted molar refractivity (Wildman–Crippen MR) is 81.0 cm³/mol. The monoisotopic (exact) mass is 261 g/mol. The SMILES string of the molecule is CCOc1ccc(CCCN2CCCC2)cc1CC. The van der Waals surface area contributed by atoms with E-state index in [0.717, 1.165) is 18.8 Å². The van der Waals surface area contributed by atoms with Gasteiger partial charge in [-0.3, -0.25) is 0 Å². The van der Waals surface area contributed by atoms with Crippen LogP contribution in [0.2, 0.25) is 0 Å². The number of ether oxygens (including phenoxy) is 1. The summed E-state index contributed by atoms with van der Waals surface area (Å²) < 4.78 is 5.66. The highest BCUT2D eigenvalue weighted by Gasteiger charge is 2.10. The third-order valence-corrected chi connectivity index (χ3v) is 3.94. The van der Waals surface area contributed by atoms with Gasteiger partial charge in [0.15, 0.2) is 0 Å². The van der Waals surface area contributed by atoms with Crippen molar-refractivity contribution in [1.82, 2.24) is 4.90 Å². The van der Waals surface area contributed by atoms with Crippen molar-refractivity contribution in [3.8, 4) is 5.75 Å². The lowest BCUT2D eigenvalue weighted by atomic mass is 10.0. The van der Waals surface area contributed by atoms with Crippen molar-refractivity contribution in [2.24, 2.45) is 0 Å². The Morgan fingerprint density at radius 3 is 2.63 bits per heavy atom. The zero-order valence-corrected chi connectivity index (χ0v) is 12.5. The van der Waals surface area contributed by atoms with Crippen molar-refractivity contribution in [3.63, 3.8) is 0 Å². The molecule has 1 saturated heterocycles. The number of benzene rings is 1. The fourth-order valence-corrected chi connectivity index (χ4v) is 2.87. The Morgan fingerprint density at radius 1 is 1.16 bits per heavy atom.